The van der Waals surface area contributed by atoms with Crippen LogP contribution < -0.4 is 5.73 Å². The molecule has 4 heteroatoms. The van der Waals surface area contributed by atoms with E-state index in [4.69, 9.17) is 5.73 Å². The van der Waals surface area contributed by atoms with Gasteiger partial charge in [-0.25, -0.2) is 4.98 Å². The van der Waals surface area contributed by atoms with Gasteiger partial charge in [-0.15, -0.1) is 0 Å². The Morgan fingerprint density at radius 2 is 2.30 bits per heavy atom. The number of fused-ring (bicyclic) bond motifs is 1. The van der Waals surface area contributed by atoms with Gasteiger partial charge in [0.1, 0.15) is 5.82 Å². The summed E-state index contributed by atoms with van der Waals surface area (Å²) in [6.45, 7) is 5.23. The number of nitrogens with two attached hydrogens (primary N) is 1. The number of likely N-dealkylation sites (tertiary alicyclic amines) is 1. The zero-order valence-corrected chi connectivity index (χ0v) is 12.3. The highest BCUT2D eigenvalue weighted by Gasteiger charge is 2.22. The molecule has 0 radical (unpaired) electrons. The van der Waals surface area contributed by atoms with Crippen molar-refractivity contribution in [1.29, 1.82) is 0 Å². The Balaban J connectivity index is 1.83. The molecule has 2 aromatic rings. The molecule has 0 spiro atoms. The van der Waals surface area contributed by atoms with E-state index in [1.54, 1.807) is 0 Å². The van der Waals surface area contributed by atoms with Gasteiger partial charge in [0.2, 0.25) is 0 Å². The van der Waals surface area contributed by atoms with Crippen molar-refractivity contribution in [3.05, 3.63) is 35.9 Å². The van der Waals surface area contributed by atoms with E-state index in [9.17, 15) is 0 Å². The summed E-state index contributed by atoms with van der Waals surface area (Å²) in [6, 6.07) is 4.87. The van der Waals surface area contributed by atoms with Gasteiger partial charge in [0, 0.05) is 25.2 Å². The second-order valence-electron chi connectivity index (χ2n) is 5.69. The zero-order valence-electron chi connectivity index (χ0n) is 12.3. The number of imidazole rings is 1. The van der Waals surface area contributed by atoms with Crippen molar-refractivity contribution < 1.29 is 0 Å². The Kier molecular flexibility index (Phi) is 4.03. The number of pyridine rings is 1. The number of hydrogen-bond donors (Lipinski definition) is 1. The Morgan fingerprint density at radius 3 is 3.10 bits per heavy atom. The van der Waals surface area contributed by atoms with Crippen molar-refractivity contribution in [3.8, 4) is 0 Å². The predicted molar refractivity (Wildman–Crippen MR) is 81.7 cm³/mol. The van der Waals surface area contributed by atoms with Gasteiger partial charge >= 0.3 is 0 Å². The standard InChI is InChI=1S/C16H24N4/c1-2-19-7-4-3-5-14(19)10-16-18-12-15-9-13(11-17)6-8-20(15)16/h6,8-9,12,14H,2-5,7,10-11,17H2,1H3. The normalized spacial score (nSPS) is 20.6. The summed E-state index contributed by atoms with van der Waals surface area (Å²) in [5.41, 5.74) is 8.02. The van der Waals surface area contributed by atoms with Crippen LogP contribution in [0.25, 0.3) is 5.52 Å². The van der Waals surface area contributed by atoms with E-state index >= 15 is 0 Å². The molecule has 0 aromatic carbocycles. The molecule has 2 aromatic heterocycles. The largest absolute Gasteiger partial charge is 0.326 e. The van der Waals surface area contributed by atoms with E-state index in [0.29, 0.717) is 12.6 Å². The molecule has 4 nitrogen and oxygen atoms in total. The van der Waals surface area contributed by atoms with E-state index in [1.807, 2.05) is 6.20 Å². The number of aromatic nitrogens is 2. The number of nitrogens with zero attached hydrogens (tertiary/aromatic N) is 3. The molecule has 2 N–H and O–H groups in total. The summed E-state index contributed by atoms with van der Waals surface area (Å²) in [5.74, 6) is 1.17. The summed E-state index contributed by atoms with van der Waals surface area (Å²) in [7, 11) is 0. The molecule has 1 saturated heterocycles. The van der Waals surface area contributed by atoms with Crippen molar-refractivity contribution in [2.45, 2.75) is 45.2 Å². The molecular weight excluding hydrogens is 248 g/mol. The van der Waals surface area contributed by atoms with Crippen LogP contribution in [0.15, 0.2) is 24.5 Å². The lowest BCUT2D eigenvalue weighted by Gasteiger charge is -2.34. The number of rotatable bonds is 4. The number of likely N-dealkylation sites (N-methyl/N-ethyl adjacent to an activating group) is 1. The fourth-order valence-electron chi connectivity index (χ4n) is 3.30. The maximum atomic E-state index is 5.70. The summed E-state index contributed by atoms with van der Waals surface area (Å²) in [5, 5.41) is 0. The van der Waals surface area contributed by atoms with E-state index < -0.39 is 0 Å². The summed E-state index contributed by atoms with van der Waals surface area (Å²) in [6.07, 6.45) is 9.11. The summed E-state index contributed by atoms with van der Waals surface area (Å²) in [4.78, 5) is 7.23. The smallest absolute Gasteiger partial charge is 0.114 e. The van der Waals surface area contributed by atoms with Gasteiger partial charge in [-0.1, -0.05) is 13.3 Å². The zero-order chi connectivity index (χ0) is 13.9. The van der Waals surface area contributed by atoms with Crippen LogP contribution in [-0.4, -0.2) is 33.4 Å². The summed E-state index contributed by atoms with van der Waals surface area (Å²) < 4.78 is 2.21. The Bertz CT molecular complexity index is 575. The number of hydrogen-bond acceptors (Lipinski definition) is 3. The fourth-order valence-corrected chi connectivity index (χ4v) is 3.30. The molecule has 1 atom stereocenters. The second-order valence-corrected chi connectivity index (χ2v) is 5.69. The highest BCUT2D eigenvalue weighted by molar-refractivity contribution is 5.48. The van der Waals surface area contributed by atoms with Crippen LogP contribution in [0.5, 0.6) is 0 Å². The lowest BCUT2D eigenvalue weighted by Crippen LogP contribution is -2.40. The third-order valence-electron chi connectivity index (χ3n) is 4.48. The van der Waals surface area contributed by atoms with Gasteiger partial charge in [0.05, 0.1) is 11.7 Å². The third kappa shape index (κ3) is 2.58. The van der Waals surface area contributed by atoms with E-state index in [-0.39, 0.29) is 0 Å². The highest BCUT2D eigenvalue weighted by atomic mass is 15.2. The van der Waals surface area contributed by atoms with Gasteiger partial charge < -0.3 is 15.0 Å². The minimum atomic E-state index is 0.587. The summed E-state index contributed by atoms with van der Waals surface area (Å²) >= 11 is 0. The van der Waals surface area contributed by atoms with Gasteiger partial charge in [-0.2, -0.15) is 0 Å². The van der Waals surface area contributed by atoms with Crippen LogP contribution in [0, 0.1) is 0 Å². The predicted octanol–water partition coefficient (Wildman–Crippen LogP) is 2.21. The van der Waals surface area contributed by atoms with Crippen molar-refractivity contribution >= 4 is 5.52 Å². The Morgan fingerprint density at radius 1 is 1.40 bits per heavy atom. The molecule has 1 aliphatic rings. The maximum Gasteiger partial charge on any atom is 0.114 e. The molecule has 20 heavy (non-hydrogen) atoms. The van der Waals surface area contributed by atoms with Crippen LogP contribution >= 0.6 is 0 Å². The highest BCUT2D eigenvalue weighted by Crippen LogP contribution is 2.20. The molecule has 0 aliphatic carbocycles. The van der Waals surface area contributed by atoms with Crippen LogP contribution in [0.3, 0.4) is 0 Å². The lowest BCUT2D eigenvalue weighted by atomic mass is 9.99. The maximum absolute atomic E-state index is 5.70. The molecule has 0 saturated carbocycles. The van der Waals surface area contributed by atoms with Crippen molar-refractivity contribution in [3.63, 3.8) is 0 Å². The van der Waals surface area contributed by atoms with E-state index in [1.165, 1.54) is 31.6 Å². The van der Waals surface area contributed by atoms with Crippen LogP contribution in [-0.2, 0) is 13.0 Å². The first-order valence-corrected chi connectivity index (χ1v) is 7.70. The quantitative estimate of drug-likeness (QED) is 0.928. The van der Waals surface area contributed by atoms with Gasteiger partial charge in [-0.05, 0) is 43.6 Å². The lowest BCUT2D eigenvalue weighted by molar-refractivity contribution is 0.153. The van der Waals surface area contributed by atoms with E-state index in [2.05, 4.69) is 39.5 Å². The molecule has 1 fully saturated rings. The molecule has 3 rings (SSSR count). The van der Waals surface area contributed by atoms with Crippen molar-refractivity contribution in [2.75, 3.05) is 13.1 Å². The monoisotopic (exact) mass is 272 g/mol. The molecule has 3 heterocycles. The SMILES string of the molecule is CCN1CCCCC1Cc1ncc2cc(CN)ccn12. The average molecular weight is 272 g/mol. The molecular formula is C16H24N4. The molecule has 0 amide bonds. The van der Waals surface area contributed by atoms with Crippen LogP contribution in [0.4, 0.5) is 0 Å². The average Bonchev–Trinajstić information content (AvgIpc) is 2.90. The second kappa shape index (κ2) is 5.94. The van der Waals surface area contributed by atoms with Crippen molar-refractivity contribution in [2.24, 2.45) is 5.73 Å². The fraction of sp³-hybridized carbons (Fsp3) is 0.562. The van der Waals surface area contributed by atoms with Gasteiger partial charge in [0.25, 0.3) is 0 Å². The van der Waals surface area contributed by atoms with Crippen molar-refractivity contribution in [1.82, 2.24) is 14.3 Å². The minimum absolute atomic E-state index is 0.587. The van der Waals surface area contributed by atoms with Gasteiger partial charge in [0.15, 0.2) is 0 Å². The first-order chi connectivity index (χ1) is 9.81. The third-order valence-corrected chi connectivity index (χ3v) is 4.48. The van der Waals surface area contributed by atoms with E-state index in [0.717, 1.165) is 24.0 Å². The first kappa shape index (κ1) is 13.6. The number of piperidine rings is 1. The minimum Gasteiger partial charge on any atom is -0.326 e. The van der Waals surface area contributed by atoms with Gasteiger partial charge in [-0.3, -0.25) is 0 Å². The van der Waals surface area contributed by atoms with Crippen LogP contribution in [0.1, 0.15) is 37.6 Å². The first-order valence-electron chi connectivity index (χ1n) is 7.70. The topological polar surface area (TPSA) is 46.6 Å². The Labute approximate surface area is 120 Å². The molecule has 0 bridgehead atoms. The molecule has 1 unspecified atom stereocenters. The molecule has 1 aliphatic heterocycles. The van der Waals surface area contributed by atoms with Crippen LogP contribution in [0.2, 0.25) is 0 Å². The Hall–Kier alpha value is -1.39. The molecule has 108 valence electrons.